The molecule has 2 fully saturated rings. The van der Waals surface area contributed by atoms with E-state index in [0.29, 0.717) is 0 Å². The van der Waals surface area contributed by atoms with E-state index in [1.807, 2.05) is 35.2 Å². The number of fused-ring (bicyclic) bond motifs is 3. The largest absolute Gasteiger partial charge is 0.339 e. The van der Waals surface area contributed by atoms with Crippen LogP contribution in [-0.2, 0) is 15.9 Å². The second-order valence-corrected chi connectivity index (χ2v) is 8.09. The van der Waals surface area contributed by atoms with Crippen LogP contribution in [-0.4, -0.2) is 32.8 Å². The molecule has 1 aliphatic heterocycles. The molecule has 1 spiro atoms. The monoisotopic (exact) mass is 375 g/mol. The van der Waals surface area contributed by atoms with E-state index >= 15 is 0 Å². The fraction of sp³-hybridized carbons (Fsp3) is 0.391. The van der Waals surface area contributed by atoms with Gasteiger partial charge in [0, 0.05) is 24.2 Å². The normalized spacial score (nSPS) is 30.4. The van der Waals surface area contributed by atoms with Gasteiger partial charge in [0.05, 0.1) is 17.6 Å². The van der Waals surface area contributed by atoms with Crippen molar-refractivity contribution in [3.05, 3.63) is 72.9 Å². The van der Waals surface area contributed by atoms with E-state index in [4.69, 9.17) is 9.47 Å². The lowest BCUT2D eigenvalue weighted by Gasteiger charge is -2.51. The molecule has 1 saturated heterocycles. The summed E-state index contributed by atoms with van der Waals surface area (Å²) in [6.45, 7) is 10.1. The summed E-state index contributed by atoms with van der Waals surface area (Å²) in [6.07, 6.45) is 15.0. The second kappa shape index (κ2) is 6.26. The smallest absolute Gasteiger partial charge is 0.179 e. The molecule has 0 radical (unpaired) electrons. The minimum Gasteiger partial charge on any atom is -0.339 e. The van der Waals surface area contributed by atoms with Gasteiger partial charge in [-0.3, -0.25) is 4.98 Å². The minimum absolute atomic E-state index is 0.158. The molecule has 0 unspecified atom stereocenters. The molecule has 3 atom stereocenters. The summed E-state index contributed by atoms with van der Waals surface area (Å²) in [4.78, 5) is 4.12. The molecule has 2 aromatic rings. The predicted octanol–water partition coefficient (Wildman–Crippen LogP) is 4.25. The van der Waals surface area contributed by atoms with Gasteiger partial charge in [0.25, 0.3) is 0 Å². The lowest BCUT2D eigenvalue weighted by atomic mass is 9.62. The van der Waals surface area contributed by atoms with Gasteiger partial charge in [-0.25, -0.2) is 4.68 Å². The first-order valence-electron chi connectivity index (χ1n) is 9.89. The van der Waals surface area contributed by atoms with Gasteiger partial charge in [-0.2, -0.15) is 5.10 Å². The van der Waals surface area contributed by atoms with Crippen LogP contribution in [0.1, 0.15) is 37.4 Å². The van der Waals surface area contributed by atoms with Crippen molar-refractivity contribution < 1.29 is 9.47 Å². The van der Waals surface area contributed by atoms with Crippen LogP contribution in [0.3, 0.4) is 0 Å². The highest BCUT2D eigenvalue weighted by Crippen LogP contribution is 2.58. The molecule has 5 nitrogen and oxygen atoms in total. The molecule has 2 aliphatic carbocycles. The van der Waals surface area contributed by atoms with Crippen LogP contribution in [0.5, 0.6) is 0 Å². The van der Waals surface area contributed by atoms with E-state index in [2.05, 4.69) is 36.2 Å². The molecule has 2 aromatic heterocycles. The van der Waals surface area contributed by atoms with E-state index in [9.17, 15) is 0 Å². The first-order valence-corrected chi connectivity index (χ1v) is 9.89. The van der Waals surface area contributed by atoms with Crippen molar-refractivity contribution in [3.8, 4) is 5.69 Å². The molecule has 3 heterocycles. The Balaban J connectivity index is 1.58. The standard InChI is InChI=1S/C23H25N3O2/c1-4-20-21(5-2)28-23(27-20)10-6-7-17-13-19-16(14-22(17,23)3)15-25-26(19)18-8-11-24-12-9-18/h4-5,8-9,11-13,15,20-21H,1-2,6-7,10,14H2,3H3/t20-,21-,22+/m1/s1. The zero-order chi connectivity index (χ0) is 19.4. The molecule has 28 heavy (non-hydrogen) atoms. The van der Waals surface area contributed by atoms with E-state index in [1.165, 1.54) is 11.1 Å². The molecule has 0 N–H and O–H groups in total. The van der Waals surface area contributed by atoms with Crippen molar-refractivity contribution in [1.29, 1.82) is 0 Å². The summed E-state index contributed by atoms with van der Waals surface area (Å²) in [5.41, 5.74) is 4.52. The van der Waals surface area contributed by atoms with Gasteiger partial charge >= 0.3 is 0 Å². The third-order valence-electron chi connectivity index (χ3n) is 6.59. The molecule has 3 aliphatic rings. The Morgan fingerprint density at radius 1 is 1.18 bits per heavy atom. The molecule has 0 amide bonds. The van der Waals surface area contributed by atoms with E-state index < -0.39 is 5.79 Å². The number of rotatable bonds is 3. The fourth-order valence-corrected chi connectivity index (χ4v) is 5.05. The first-order chi connectivity index (χ1) is 13.6. The molecule has 5 rings (SSSR count). The minimum atomic E-state index is -0.648. The number of hydrogen-bond donors (Lipinski definition) is 0. The second-order valence-electron chi connectivity index (χ2n) is 8.09. The van der Waals surface area contributed by atoms with Gasteiger partial charge in [0.1, 0.15) is 12.2 Å². The topological polar surface area (TPSA) is 49.2 Å². The van der Waals surface area contributed by atoms with E-state index in [1.54, 1.807) is 12.4 Å². The summed E-state index contributed by atoms with van der Waals surface area (Å²) >= 11 is 0. The molecular weight excluding hydrogens is 350 g/mol. The fourth-order valence-electron chi connectivity index (χ4n) is 5.05. The quantitative estimate of drug-likeness (QED) is 0.753. The van der Waals surface area contributed by atoms with Crippen LogP contribution in [0.4, 0.5) is 0 Å². The Bertz CT molecular complexity index is 945. The number of ether oxygens (including phenoxy) is 2. The molecule has 0 bridgehead atoms. The molecule has 0 aromatic carbocycles. The summed E-state index contributed by atoms with van der Waals surface area (Å²) in [5, 5.41) is 4.66. The molecule has 144 valence electrons. The summed E-state index contributed by atoms with van der Waals surface area (Å²) in [5.74, 6) is -0.648. The van der Waals surface area contributed by atoms with E-state index in [-0.39, 0.29) is 17.6 Å². The van der Waals surface area contributed by atoms with Crippen molar-refractivity contribution >= 4 is 6.08 Å². The van der Waals surface area contributed by atoms with Crippen LogP contribution in [0.2, 0.25) is 0 Å². The third-order valence-corrected chi connectivity index (χ3v) is 6.59. The van der Waals surface area contributed by atoms with Crippen molar-refractivity contribution in [1.82, 2.24) is 14.8 Å². The first kappa shape index (κ1) is 17.6. The van der Waals surface area contributed by atoms with Gasteiger partial charge < -0.3 is 9.47 Å². The molecule has 1 saturated carbocycles. The summed E-state index contributed by atoms with van der Waals surface area (Å²) in [6, 6.07) is 3.96. The Morgan fingerprint density at radius 2 is 1.89 bits per heavy atom. The number of nitrogens with zero attached hydrogens (tertiary/aromatic N) is 3. The number of hydrogen-bond acceptors (Lipinski definition) is 4. The number of aromatic nitrogens is 3. The SMILES string of the molecule is C=C[C@H]1OC2(CCCC3=Cc4c(cnn4-c4ccncc4)C[C@@]32C)O[C@@H]1C=C. The maximum absolute atomic E-state index is 6.53. The Hall–Kier alpha value is -2.50. The van der Waals surface area contributed by atoms with Crippen molar-refractivity contribution in [3.63, 3.8) is 0 Å². The van der Waals surface area contributed by atoms with Crippen LogP contribution in [0.25, 0.3) is 11.8 Å². The van der Waals surface area contributed by atoms with Crippen molar-refractivity contribution in [2.24, 2.45) is 5.41 Å². The van der Waals surface area contributed by atoms with Crippen molar-refractivity contribution in [2.75, 3.05) is 0 Å². The molecular formula is C23H25N3O2. The maximum Gasteiger partial charge on any atom is 0.179 e. The number of pyridine rings is 1. The Kier molecular flexibility index (Phi) is 3.93. The average Bonchev–Trinajstić information content (AvgIpc) is 3.29. The zero-order valence-corrected chi connectivity index (χ0v) is 16.2. The highest BCUT2D eigenvalue weighted by Gasteiger charge is 2.61. The Morgan fingerprint density at radius 3 is 2.57 bits per heavy atom. The third kappa shape index (κ3) is 2.33. The van der Waals surface area contributed by atoms with Gasteiger partial charge in [-0.1, -0.05) is 24.6 Å². The Labute approximate surface area is 165 Å². The highest BCUT2D eigenvalue weighted by molar-refractivity contribution is 5.61. The highest BCUT2D eigenvalue weighted by atomic mass is 16.8. The predicted molar refractivity (Wildman–Crippen MR) is 108 cm³/mol. The molecule has 5 heteroatoms. The lowest BCUT2D eigenvalue weighted by molar-refractivity contribution is -0.243. The van der Waals surface area contributed by atoms with Crippen LogP contribution >= 0.6 is 0 Å². The van der Waals surface area contributed by atoms with Crippen LogP contribution < -0.4 is 0 Å². The lowest BCUT2D eigenvalue weighted by Crippen LogP contribution is -2.53. The van der Waals surface area contributed by atoms with Gasteiger partial charge in [0.2, 0.25) is 0 Å². The van der Waals surface area contributed by atoms with Crippen LogP contribution in [0, 0.1) is 5.41 Å². The zero-order valence-electron chi connectivity index (χ0n) is 16.2. The average molecular weight is 375 g/mol. The van der Waals surface area contributed by atoms with Gasteiger partial charge in [-0.05, 0) is 43.0 Å². The maximum atomic E-state index is 6.53. The van der Waals surface area contributed by atoms with Gasteiger partial charge in [0.15, 0.2) is 5.79 Å². The van der Waals surface area contributed by atoms with Crippen LogP contribution in [0.15, 0.2) is 61.6 Å². The van der Waals surface area contributed by atoms with E-state index in [0.717, 1.165) is 37.1 Å². The van der Waals surface area contributed by atoms with Gasteiger partial charge in [-0.15, -0.1) is 13.2 Å². The van der Waals surface area contributed by atoms with Crippen molar-refractivity contribution in [2.45, 2.75) is 50.6 Å². The summed E-state index contributed by atoms with van der Waals surface area (Å²) in [7, 11) is 0. The summed E-state index contributed by atoms with van der Waals surface area (Å²) < 4.78 is 15.1.